The molecule has 1 heterocycles. The van der Waals surface area contributed by atoms with E-state index < -0.39 is 0 Å². The van der Waals surface area contributed by atoms with Gasteiger partial charge in [-0.15, -0.1) is 0 Å². The first kappa shape index (κ1) is 12.5. The third-order valence-electron chi connectivity index (χ3n) is 3.20. The minimum atomic E-state index is -0.179. The fourth-order valence-electron chi connectivity index (χ4n) is 2.35. The van der Waals surface area contributed by atoms with Crippen molar-refractivity contribution in [2.24, 2.45) is 5.73 Å². The molecule has 0 aliphatic carbocycles. The molecule has 0 spiro atoms. The van der Waals surface area contributed by atoms with Gasteiger partial charge < -0.3 is 10.5 Å². The lowest BCUT2D eigenvalue weighted by Crippen LogP contribution is -2.45. The van der Waals surface area contributed by atoms with Gasteiger partial charge >= 0.3 is 0 Å². The fraction of sp³-hybridized carbons (Fsp3) is 0.538. The summed E-state index contributed by atoms with van der Waals surface area (Å²) >= 11 is 0. The maximum absolute atomic E-state index is 13.8. The molecular formula is C13H19FN2O. The second kappa shape index (κ2) is 5.58. The molecule has 4 heteroatoms. The summed E-state index contributed by atoms with van der Waals surface area (Å²) in [5.74, 6) is -0.179. The van der Waals surface area contributed by atoms with Gasteiger partial charge in [0.05, 0.1) is 18.8 Å². The average Bonchev–Trinajstić information content (AvgIpc) is 2.33. The zero-order valence-corrected chi connectivity index (χ0v) is 10.1. The van der Waals surface area contributed by atoms with Crippen LogP contribution in [0.2, 0.25) is 0 Å². The minimum Gasteiger partial charge on any atom is -0.376 e. The SMILES string of the molecule is CC1CN(C(CN)c2ccccc2F)CCO1. The highest BCUT2D eigenvalue weighted by Gasteiger charge is 2.26. The van der Waals surface area contributed by atoms with E-state index in [1.807, 2.05) is 19.1 Å². The third-order valence-corrected chi connectivity index (χ3v) is 3.20. The van der Waals surface area contributed by atoms with Crippen LogP contribution in [0, 0.1) is 5.82 Å². The Bertz CT molecular complexity index is 372. The monoisotopic (exact) mass is 238 g/mol. The van der Waals surface area contributed by atoms with Crippen molar-refractivity contribution in [2.45, 2.75) is 19.1 Å². The average molecular weight is 238 g/mol. The first-order valence-corrected chi connectivity index (χ1v) is 6.02. The second-order valence-electron chi connectivity index (χ2n) is 4.45. The van der Waals surface area contributed by atoms with Crippen molar-refractivity contribution in [2.75, 3.05) is 26.2 Å². The van der Waals surface area contributed by atoms with Gasteiger partial charge in [0, 0.05) is 25.2 Å². The molecule has 1 aliphatic heterocycles. The predicted octanol–water partition coefficient (Wildman–Crippen LogP) is 1.55. The molecule has 1 aromatic rings. The van der Waals surface area contributed by atoms with Crippen molar-refractivity contribution < 1.29 is 9.13 Å². The molecular weight excluding hydrogens is 219 g/mol. The van der Waals surface area contributed by atoms with E-state index in [2.05, 4.69) is 4.90 Å². The summed E-state index contributed by atoms with van der Waals surface area (Å²) in [6, 6.07) is 6.80. The first-order valence-electron chi connectivity index (χ1n) is 6.02. The molecule has 0 bridgehead atoms. The van der Waals surface area contributed by atoms with Crippen molar-refractivity contribution in [3.05, 3.63) is 35.6 Å². The van der Waals surface area contributed by atoms with Crippen LogP contribution in [0.1, 0.15) is 18.5 Å². The topological polar surface area (TPSA) is 38.5 Å². The quantitative estimate of drug-likeness (QED) is 0.868. The molecule has 1 fully saturated rings. The summed E-state index contributed by atoms with van der Waals surface area (Å²) in [6.45, 7) is 4.75. The molecule has 0 radical (unpaired) electrons. The van der Waals surface area contributed by atoms with E-state index in [0.717, 1.165) is 13.1 Å². The molecule has 2 N–H and O–H groups in total. The van der Waals surface area contributed by atoms with Crippen LogP contribution in [0.3, 0.4) is 0 Å². The number of morpholine rings is 1. The van der Waals surface area contributed by atoms with E-state index in [4.69, 9.17) is 10.5 Å². The number of hydrogen-bond acceptors (Lipinski definition) is 3. The number of halogens is 1. The van der Waals surface area contributed by atoms with Crippen LogP contribution >= 0.6 is 0 Å². The van der Waals surface area contributed by atoms with E-state index in [-0.39, 0.29) is 18.0 Å². The number of nitrogens with two attached hydrogens (primary N) is 1. The van der Waals surface area contributed by atoms with Crippen molar-refractivity contribution in [1.29, 1.82) is 0 Å². The Balaban J connectivity index is 2.18. The van der Waals surface area contributed by atoms with Gasteiger partial charge in [0.1, 0.15) is 5.82 Å². The third kappa shape index (κ3) is 2.83. The van der Waals surface area contributed by atoms with Crippen LogP contribution in [0.5, 0.6) is 0 Å². The lowest BCUT2D eigenvalue weighted by molar-refractivity contribution is -0.0337. The molecule has 2 atom stereocenters. The predicted molar refractivity (Wildman–Crippen MR) is 65.2 cm³/mol. The molecule has 1 aliphatic rings. The molecule has 94 valence electrons. The number of hydrogen-bond donors (Lipinski definition) is 1. The van der Waals surface area contributed by atoms with Crippen LogP contribution in [0.4, 0.5) is 4.39 Å². The summed E-state index contributed by atoms with van der Waals surface area (Å²) in [6.07, 6.45) is 0.185. The zero-order valence-electron chi connectivity index (χ0n) is 10.1. The summed E-state index contributed by atoms with van der Waals surface area (Å²) in [7, 11) is 0. The standard InChI is InChI=1S/C13H19FN2O/c1-10-9-16(6-7-17-10)13(8-15)11-4-2-3-5-12(11)14/h2-5,10,13H,6-9,15H2,1H3. The largest absolute Gasteiger partial charge is 0.376 e. The van der Waals surface area contributed by atoms with Gasteiger partial charge in [-0.25, -0.2) is 4.39 Å². The van der Waals surface area contributed by atoms with Crippen molar-refractivity contribution in [3.8, 4) is 0 Å². The Hall–Kier alpha value is -0.970. The van der Waals surface area contributed by atoms with Crippen LogP contribution in [0.25, 0.3) is 0 Å². The van der Waals surface area contributed by atoms with Gasteiger partial charge in [0.2, 0.25) is 0 Å². The molecule has 1 saturated heterocycles. The Morgan fingerprint density at radius 2 is 2.29 bits per heavy atom. The van der Waals surface area contributed by atoms with Gasteiger partial charge in [-0.3, -0.25) is 4.90 Å². The summed E-state index contributed by atoms with van der Waals surface area (Å²) in [4.78, 5) is 2.20. The number of rotatable bonds is 3. The van der Waals surface area contributed by atoms with Crippen molar-refractivity contribution >= 4 is 0 Å². The normalized spacial score (nSPS) is 23.6. The van der Waals surface area contributed by atoms with Gasteiger partial charge in [0.15, 0.2) is 0 Å². The van der Waals surface area contributed by atoms with Crippen LogP contribution < -0.4 is 5.73 Å². The molecule has 1 aromatic carbocycles. The van der Waals surface area contributed by atoms with E-state index in [9.17, 15) is 4.39 Å². The number of ether oxygens (including phenoxy) is 1. The lowest BCUT2D eigenvalue weighted by atomic mass is 10.0. The summed E-state index contributed by atoms with van der Waals surface area (Å²) in [5.41, 5.74) is 6.49. The maximum atomic E-state index is 13.8. The van der Waals surface area contributed by atoms with Gasteiger partial charge in [0.25, 0.3) is 0 Å². The highest BCUT2D eigenvalue weighted by molar-refractivity contribution is 5.21. The van der Waals surface area contributed by atoms with E-state index in [0.29, 0.717) is 18.7 Å². The Morgan fingerprint density at radius 3 is 2.94 bits per heavy atom. The highest BCUT2D eigenvalue weighted by Crippen LogP contribution is 2.24. The number of benzene rings is 1. The molecule has 3 nitrogen and oxygen atoms in total. The molecule has 0 saturated carbocycles. The van der Waals surface area contributed by atoms with E-state index in [1.54, 1.807) is 6.07 Å². The zero-order chi connectivity index (χ0) is 12.3. The fourth-order valence-corrected chi connectivity index (χ4v) is 2.35. The van der Waals surface area contributed by atoms with Crippen molar-refractivity contribution in [3.63, 3.8) is 0 Å². The Morgan fingerprint density at radius 1 is 1.53 bits per heavy atom. The Labute approximate surface area is 101 Å². The molecule has 0 amide bonds. The number of nitrogens with zero attached hydrogens (tertiary/aromatic N) is 1. The first-order chi connectivity index (χ1) is 8.22. The van der Waals surface area contributed by atoms with Crippen LogP contribution in [0.15, 0.2) is 24.3 Å². The second-order valence-corrected chi connectivity index (χ2v) is 4.45. The minimum absolute atomic E-state index is 0.0532. The van der Waals surface area contributed by atoms with Crippen LogP contribution in [-0.4, -0.2) is 37.2 Å². The Kier molecular flexibility index (Phi) is 4.10. The van der Waals surface area contributed by atoms with Gasteiger partial charge in [-0.2, -0.15) is 0 Å². The molecule has 2 rings (SSSR count). The smallest absolute Gasteiger partial charge is 0.128 e. The summed E-state index contributed by atoms with van der Waals surface area (Å²) < 4.78 is 19.3. The van der Waals surface area contributed by atoms with Gasteiger partial charge in [-0.1, -0.05) is 18.2 Å². The summed E-state index contributed by atoms with van der Waals surface area (Å²) in [5, 5.41) is 0. The molecule has 0 aromatic heterocycles. The van der Waals surface area contributed by atoms with Crippen LogP contribution in [-0.2, 0) is 4.74 Å². The lowest BCUT2D eigenvalue weighted by Gasteiger charge is -2.37. The van der Waals surface area contributed by atoms with Crippen molar-refractivity contribution in [1.82, 2.24) is 4.90 Å². The molecule has 17 heavy (non-hydrogen) atoms. The van der Waals surface area contributed by atoms with Gasteiger partial charge in [-0.05, 0) is 13.0 Å². The van der Waals surface area contributed by atoms with E-state index in [1.165, 1.54) is 6.07 Å². The highest BCUT2D eigenvalue weighted by atomic mass is 19.1. The van der Waals surface area contributed by atoms with E-state index >= 15 is 0 Å². The molecule has 2 unspecified atom stereocenters. The maximum Gasteiger partial charge on any atom is 0.128 e.